The third-order valence-electron chi connectivity index (χ3n) is 3.64. The molecule has 0 spiro atoms. The van der Waals surface area contributed by atoms with Gasteiger partial charge in [-0.2, -0.15) is 0 Å². The van der Waals surface area contributed by atoms with Crippen molar-refractivity contribution in [3.63, 3.8) is 0 Å². The zero-order valence-corrected chi connectivity index (χ0v) is 8.19. The van der Waals surface area contributed by atoms with E-state index in [1.807, 2.05) is 0 Å². The summed E-state index contributed by atoms with van der Waals surface area (Å²) in [5.41, 5.74) is 0.619. The molecule has 0 amide bonds. The van der Waals surface area contributed by atoms with Gasteiger partial charge in [-0.25, -0.2) is 0 Å². The minimum atomic E-state index is 0.619. The fourth-order valence-electron chi connectivity index (χ4n) is 1.91. The minimum Gasteiger partial charge on any atom is -0.0623 e. The van der Waals surface area contributed by atoms with Crippen LogP contribution in [0.4, 0.5) is 0 Å². The summed E-state index contributed by atoms with van der Waals surface area (Å²) in [6, 6.07) is 0. The molecule has 0 N–H and O–H groups in total. The summed E-state index contributed by atoms with van der Waals surface area (Å²) in [6.45, 7) is 11.3. The first kappa shape index (κ1) is 9.09. The molecule has 11 heavy (non-hydrogen) atoms. The Kier molecular flexibility index (Phi) is 2.61. The van der Waals surface area contributed by atoms with Gasteiger partial charge in [-0.1, -0.05) is 27.7 Å². The molecule has 0 saturated heterocycles. The lowest BCUT2D eigenvalue weighted by molar-refractivity contribution is 0.124. The third-order valence-corrected chi connectivity index (χ3v) is 3.64. The van der Waals surface area contributed by atoms with Crippen molar-refractivity contribution >= 4 is 0 Å². The van der Waals surface area contributed by atoms with Crippen LogP contribution in [0.1, 0.15) is 46.5 Å². The largest absolute Gasteiger partial charge is 0.0623 e. The van der Waals surface area contributed by atoms with Crippen LogP contribution in [-0.2, 0) is 0 Å². The average Bonchev–Trinajstić information content (AvgIpc) is 1.95. The standard InChI is InChI=1S/C11H21/c1-9(2)11(4)7-5-10(3)6-8-11/h9-10H,3,5-8H2,1-2,4H3. The van der Waals surface area contributed by atoms with Crippen molar-refractivity contribution < 1.29 is 0 Å². The summed E-state index contributed by atoms with van der Waals surface area (Å²) in [7, 11) is 0. The summed E-state index contributed by atoms with van der Waals surface area (Å²) in [5, 5.41) is 0. The van der Waals surface area contributed by atoms with Crippen LogP contribution in [0.15, 0.2) is 0 Å². The molecule has 0 aliphatic heterocycles. The first-order chi connectivity index (χ1) is 5.04. The summed E-state index contributed by atoms with van der Waals surface area (Å²) in [5.74, 6) is 1.58. The predicted octanol–water partition coefficient (Wildman–Crippen LogP) is 3.67. The van der Waals surface area contributed by atoms with Crippen molar-refractivity contribution in [1.29, 1.82) is 0 Å². The monoisotopic (exact) mass is 153 g/mol. The van der Waals surface area contributed by atoms with Gasteiger partial charge in [-0.3, -0.25) is 0 Å². The fourth-order valence-corrected chi connectivity index (χ4v) is 1.91. The van der Waals surface area contributed by atoms with Gasteiger partial charge in [0.25, 0.3) is 0 Å². The van der Waals surface area contributed by atoms with Crippen LogP contribution in [0.25, 0.3) is 0 Å². The van der Waals surface area contributed by atoms with E-state index in [0.717, 1.165) is 11.8 Å². The molecule has 0 unspecified atom stereocenters. The lowest BCUT2D eigenvalue weighted by atomic mass is 9.66. The molecule has 1 aliphatic carbocycles. The van der Waals surface area contributed by atoms with E-state index in [1.165, 1.54) is 25.7 Å². The summed E-state index contributed by atoms with van der Waals surface area (Å²) in [6.07, 6.45) is 5.46. The smallest absolute Gasteiger partial charge is 0.0303 e. The van der Waals surface area contributed by atoms with E-state index >= 15 is 0 Å². The Morgan fingerprint density at radius 2 is 1.73 bits per heavy atom. The van der Waals surface area contributed by atoms with E-state index in [4.69, 9.17) is 0 Å². The summed E-state index contributed by atoms with van der Waals surface area (Å²) >= 11 is 0. The molecule has 1 rings (SSSR count). The lowest BCUT2D eigenvalue weighted by Crippen LogP contribution is -2.28. The molecule has 0 nitrogen and oxygen atoms in total. The van der Waals surface area contributed by atoms with Gasteiger partial charge >= 0.3 is 0 Å². The molecule has 0 aromatic carbocycles. The van der Waals surface area contributed by atoms with Crippen molar-refractivity contribution in [1.82, 2.24) is 0 Å². The molecule has 0 heteroatoms. The lowest BCUT2D eigenvalue weighted by Gasteiger charge is -2.39. The average molecular weight is 153 g/mol. The zero-order valence-electron chi connectivity index (χ0n) is 8.19. The van der Waals surface area contributed by atoms with Crippen LogP contribution < -0.4 is 0 Å². The Balaban J connectivity index is 2.48. The van der Waals surface area contributed by atoms with Crippen LogP contribution in [0, 0.1) is 24.2 Å². The van der Waals surface area contributed by atoms with E-state index in [9.17, 15) is 0 Å². The van der Waals surface area contributed by atoms with Gasteiger partial charge in [0.1, 0.15) is 0 Å². The van der Waals surface area contributed by atoms with Crippen molar-refractivity contribution in [2.45, 2.75) is 46.5 Å². The number of hydrogen-bond donors (Lipinski definition) is 0. The van der Waals surface area contributed by atoms with Crippen LogP contribution in [0.2, 0.25) is 0 Å². The van der Waals surface area contributed by atoms with Crippen molar-refractivity contribution in [2.75, 3.05) is 0 Å². The predicted molar refractivity (Wildman–Crippen MR) is 50.3 cm³/mol. The van der Waals surface area contributed by atoms with Crippen molar-refractivity contribution in [3.05, 3.63) is 6.92 Å². The van der Waals surface area contributed by atoms with Crippen molar-refractivity contribution in [2.24, 2.45) is 17.3 Å². The number of hydrogen-bond acceptors (Lipinski definition) is 0. The van der Waals surface area contributed by atoms with E-state index in [-0.39, 0.29) is 0 Å². The van der Waals surface area contributed by atoms with E-state index < -0.39 is 0 Å². The van der Waals surface area contributed by atoms with Gasteiger partial charge in [0, 0.05) is 0 Å². The van der Waals surface area contributed by atoms with Crippen LogP contribution in [0.5, 0.6) is 0 Å². The SMILES string of the molecule is [CH2]C1CCC(C)(C(C)C)CC1. The Hall–Kier alpha value is 0. The van der Waals surface area contributed by atoms with Crippen molar-refractivity contribution in [3.8, 4) is 0 Å². The topological polar surface area (TPSA) is 0 Å². The van der Waals surface area contributed by atoms with Crippen LogP contribution >= 0.6 is 0 Å². The highest BCUT2D eigenvalue weighted by molar-refractivity contribution is 4.84. The van der Waals surface area contributed by atoms with E-state index in [0.29, 0.717) is 5.41 Å². The maximum absolute atomic E-state index is 4.12. The molecule has 1 aliphatic rings. The second kappa shape index (κ2) is 3.16. The molecule has 0 aromatic rings. The maximum Gasteiger partial charge on any atom is -0.0303 e. The molecule has 1 radical (unpaired) electrons. The first-order valence-corrected chi connectivity index (χ1v) is 4.88. The molecule has 65 valence electrons. The van der Waals surface area contributed by atoms with Gasteiger partial charge in [-0.15, -0.1) is 0 Å². The second-order valence-corrected chi connectivity index (χ2v) is 4.75. The third kappa shape index (κ3) is 1.98. The Bertz CT molecular complexity index is 116. The molecule has 0 heterocycles. The second-order valence-electron chi connectivity index (χ2n) is 4.75. The van der Waals surface area contributed by atoms with E-state index in [1.54, 1.807) is 0 Å². The molecule has 0 bridgehead atoms. The Morgan fingerprint density at radius 3 is 2.09 bits per heavy atom. The van der Waals surface area contributed by atoms with Gasteiger partial charge < -0.3 is 0 Å². The van der Waals surface area contributed by atoms with E-state index in [2.05, 4.69) is 27.7 Å². The van der Waals surface area contributed by atoms with Crippen LogP contribution in [0.3, 0.4) is 0 Å². The highest BCUT2D eigenvalue weighted by Crippen LogP contribution is 2.43. The molecular weight excluding hydrogens is 132 g/mol. The Labute approximate surface area is 71.4 Å². The Morgan fingerprint density at radius 1 is 1.27 bits per heavy atom. The van der Waals surface area contributed by atoms with Gasteiger partial charge in [0.2, 0.25) is 0 Å². The highest BCUT2D eigenvalue weighted by atomic mass is 14.4. The van der Waals surface area contributed by atoms with Gasteiger partial charge in [0.05, 0.1) is 0 Å². The normalized spacial score (nSPS) is 39.5. The van der Waals surface area contributed by atoms with Gasteiger partial charge in [-0.05, 0) is 42.9 Å². The minimum absolute atomic E-state index is 0.619. The zero-order chi connectivity index (χ0) is 8.48. The fraction of sp³-hybridized carbons (Fsp3) is 0.909. The molecule has 1 saturated carbocycles. The number of rotatable bonds is 1. The molecule has 0 aromatic heterocycles. The van der Waals surface area contributed by atoms with Gasteiger partial charge in [0.15, 0.2) is 0 Å². The molecule has 1 fully saturated rings. The summed E-state index contributed by atoms with van der Waals surface area (Å²) in [4.78, 5) is 0. The quantitative estimate of drug-likeness (QED) is 0.539. The first-order valence-electron chi connectivity index (χ1n) is 4.88. The maximum atomic E-state index is 4.12. The highest BCUT2D eigenvalue weighted by Gasteiger charge is 2.31. The molecule has 0 atom stereocenters. The molecular formula is C11H21. The van der Waals surface area contributed by atoms with Crippen LogP contribution in [-0.4, -0.2) is 0 Å². The summed E-state index contributed by atoms with van der Waals surface area (Å²) < 4.78 is 0.